The van der Waals surface area contributed by atoms with Gasteiger partial charge in [-0.15, -0.1) is 0 Å². The van der Waals surface area contributed by atoms with Gasteiger partial charge in [0.15, 0.2) is 0 Å². The van der Waals surface area contributed by atoms with Gasteiger partial charge >= 0.3 is 0 Å². The molecule has 1 aromatic heterocycles. The lowest BCUT2D eigenvalue weighted by atomic mass is 9.99. The van der Waals surface area contributed by atoms with Crippen LogP contribution in [-0.4, -0.2) is 16.3 Å². The van der Waals surface area contributed by atoms with Crippen LogP contribution >= 0.6 is 23.2 Å². The Bertz CT molecular complexity index is 608. The third kappa shape index (κ3) is 4.22. The largest absolute Gasteiger partial charge is 0.310 e. The van der Waals surface area contributed by atoms with Gasteiger partial charge < -0.3 is 5.32 Å². The molecule has 1 heterocycles. The van der Waals surface area contributed by atoms with E-state index < -0.39 is 0 Å². The van der Waals surface area contributed by atoms with Crippen molar-refractivity contribution in [3.63, 3.8) is 0 Å². The van der Waals surface area contributed by atoms with Crippen LogP contribution < -0.4 is 5.32 Å². The summed E-state index contributed by atoms with van der Waals surface area (Å²) in [6.45, 7) is 5.18. The lowest BCUT2D eigenvalue weighted by Gasteiger charge is -2.18. The lowest BCUT2D eigenvalue weighted by Crippen LogP contribution is -2.24. The molecule has 114 valence electrons. The van der Waals surface area contributed by atoms with Crippen LogP contribution in [0.4, 0.5) is 0 Å². The van der Waals surface area contributed by atoms with E-state index in [1.807, 2.05) is 36.9 Å². The summed E-state index contributed by atoms with van der Waals surface area (Å²) in [7, 11) is 1.95. The summed E-state index contributed by atoms with van der Waals surface area (Å²) in [6.07, 6.45) is 4.04. The van der Waals surface area contributed by atoms with Crippen LogP contribution in [0.1, 0.15) is 36.2 Å². The number of nitrogens with one attached hydrogen (secondary N) is 1. The van der Waals surface area contributed by atoms with Crippen molar-refractivity contribution in [1.29, 1.82) is 0 Å². The first-order chi connectivity index (χ1) is 10.0. The highest BCUT2D eigenvalue weighted by Gasteiger charge is 2.17. The fourth-order valence-electron chi connectivity index (χ4n) is 2.47. The average Bonchev–Trinajstić information content (AvgIpc) is 2.77. The molecule has 0 saturated heterocycles. The maximum atomic E-state index is 6.11. The van der Waals surface area contributed by atoms with Gasteiger partial charge in [0.1, 0.15) is 0 Å². The maximum absolute atomic E-state index is 6.11. The topological polar surface area (TPSA) is 29.9 Å². The molecule has 1 unspecified atom stereocenters. The van der Waals surface area contributed by atoms with Gasteiger partial charge in [-0.25, -0.2) is 0 Å². The van der Waals surface area contributed by atoms with E-state index in [0.717, 1.165) is 25.1 Å². The number of nitrogens with zero attached hydrogens (tertiary/aromatic N) is 2. The Hall–Kier alpha value is -1.03. The summed E-state index contributed by atoms with van der Waals surface area (Å²) in [5, 5.41) is 9.23. The fourth-order valence-corrected chi connectivity index (χ4v) is 2.79. The molecule has 0 saturated carbocycles. The second-order valence-corrected chi connectivity index (χ2v) is 6.12. The Morgan fingerprint density at radius 1 is 1.29 bits per heavy atom. The van der Waals surface area contributed by atoms with Crippen molar-refractivity contribution in [2.24, 2.45) is 7.05 Å². The van der Waals surface area contributed by atoms with Crippen molar-refractivity contribution in [3.05, 3.63) is 51.3 Å². The number of hydrogen-bond acceptors (Lipinski definition) is 2. The minimum absolute atomic E-state index is 0.232. The van der Waals surface area contributed by atoms with Crippen molar-refractivity contribution in [2.75, 3.05) is 6.54 Å². The molecule has 0 bridgehead atoms. The van der Waals surface area contributed by atoms with Gasteiger partial charge in [-0.05, 0) is 44.0 Å². The predicted molar refractivity (Wildman–Crippen MR) is 89.1 cm³/mol. The van der Waals surface area contributed by atoms with Crippen molar-refractivity contribution < 1.29 is 0 Å². The van der Waals surface area contributed by atoms with Gasteiger partial charge in [0.2, 0.25) is 0 Å². The van der Waals surface area contributed by atoms with Gasteiger partial charge in [-0.1, -0.05) is 36.2 Å². The minimum atomic E-state index is 0.232. The van der Waals surface area contributed by atoms with E-state index >= 15 is 0 Å². The zero-order chi connectivity index (χ0) is 15.4. The highest BCUT2D eigenvalue weighted by Crippen LogP contribution is 2.26. The van der Waals surface area contributed by atoms with Gasteiger partial charge in [-0.2, -0.15) is 5.10 Å². The van der Waals surface area contributed by atoms with E-state index in [1.54, 1.807) is 0 Å². The normalized spacial score (nSPS) is 12.6. The Morgan fingerprint density at radius 2 is 2.05 bits per heavy atom. The zero-order valence-corrected chi connectivity index (χ0v) is 14.2. The molecule has 3 nitrogen and oxygen atoms in total. The molecule has 1 aromatic carbocycles. The van der Waals surface area contributed by atoms with Crippen LogP contribution in [0, 0.1) is 6.92 Å². The zero-order valence-electron chi connectivity index (χ0n) is 12.7. The molecule has 2 aromatic rings. The second-order valence-electron chi connectivity index (χ2n) is 5.30. The molecule has 0 aliphatic heterocycles. The third-order valence-electron chi connectivity index (χ3n) is 3.49. The molecular weight excluding hydrogens is 305 g/mol. The van der Waals surface area contributed by atoms with Crippen molar-refractivity contribution in [3.8, 4) is 0 Å². The molecule has 0 aliphatic rings. The molecule has 0 fully saturated rings. The Balaban J connectivity index is 2.23. The first-order valence-electron chi connectivity index (χ1n) is 7.18. The first-order valence-corrected chi connectivity index (χ1v) is 7.94. The highest BCUT2D eigenvalue weighted by atomic mass is 35.5. The monoisotopic (exact) mass is 325 g/mol. The molecule has 0 radical (unpaired) electrons. The molecule has 2 rings (SSSR count). The summed E-state index contributed by atoms with van der Waals surface area (Å²) in [5.74, 6) is 0. The summed E-state index contributed by atoms with van der Waals surface area (Å²) >= 11 is 12.1. The fraction of sp³-hybridized carbons (Fsp3) is 0.438. The van der Waals surface area contributed by atoms with Crippen LogP contribution in [0.15, 0.2) is 24.4 Å². The molecule has 1 N–H and O–H groups in total. The van der Waals surface area contributed by atoms with E-state index in [4.69, 9.17) is 23.2 Å². The molecular formula is C16H21Cl2N3. The molecule has 5 heteroatoms. The SMILES string of the molecule is CCCNC(Cc1ccc(Cl)c(Cl)c1)c1cn(C)nc1C. The molecule has 1 atom stereocenters. The summed E-state index contributed by atoms with van der Waals surface area (Å²) in [6, 6.07) is 6.05. The van der Waals surface area contributed by atoms with Crippen molar-refractivity contribution in [2.45, 2.75) is 32.7 Å². The summed E-state index contributed by atoms with van der Waals surface area (Å²) in [5.41, 5.74) is 3.46. The maximum Gasteiger partial charge on any atom is 0.0641 e. The smallest absolute Gasteiger partial charge is 0.0641 e. The summed E-state index contributed by atoms with van der Waals surface area (Å²) in [4.78, 5) is 0. The molecule has 0 amide bonds. The predicted octanol–water partition coefficient (Wildman–Crippen LogP) is 4.32. The van der Waals surface area contributed by atoms with Gasteiger partial charge in [0, 0.05) is 24.8 Å². The number of benzene rings is 1. The highest BCUT2D eigenvalue weighted by molar-refractivity contribution is 6.42. The quantitative estimate of drug-likeness (QED) is 0.857. The van der Waals surface area contributed by atoms with Crippen LogP contribution in [0.5, 0.6) is 0 Å². The van der Waals surface area contributed by atoms with Crippen molar-refractivity contribution in [1.82, 2.24) is 15.1 Å². The number of halogens is 2. The Labute approximate surface area is 136 Å². The minimum Gasteiger partial charge on any atom is -0.310 e. The van der Waals surface area contributed by atoms with Gasteiger partial charge in [0.05, 0.1) is 15.7 Å². The van der Waals surface area contributed by atoms with E-state index in [9.17, 15) is 0 Å². The molecule has 21 heavy (non-hydrogen) atoms. The Kier molecular flexibility index (Phi) is 5.68. The Morgan fingerprint density at radius 3 is 2.62 bits per heavy atom. The van der Waals surface area contributed by atoms with Crippen LogP contribution in [0.2, 0.25) is 10.0 Å². The number of rotatable bonds is 6. The second kappa shape index (κ2) is 7.30. The standard InChI is InChI=1S/C16H21Cl2N3/c1-4-7-19-16(13-10-21(3)20-11(13)2)9-12-5-6-14(17)15(18)8-12/h5-6,8,10,16,19H,4,7,9H2,1-3H3. The van der Waals surface area contributed by atoms with E-state index in [-0.39, 0.29) is 6.04 Å². The van der Waals surface area contributed by atoms with Gasteiger partial charge in [-0.3, -0.25) is 4.68 Å². The number of aryl methyl sites for hydroxylation is 2. The molecule has 0 aliphatic carbocycles. The average molecular weight is 326 g/mol. The first kappa shape index (κ1) is 16.3. The van der Waals surface area contributed by atoms with Crippen LogP contribution in [0.3, 0.4) is 0 Å². The van der Waals surface area contributed by atoms with Crippen molar-refractivity contribution >= 4 is 23.2 Å². The lowest BCUT2D eigenvalue weighted by molar-refractivity contribution is 0.527. The van der Waals surface area contributed by atoms with E-state index in [2.05, 4.69) is 23.5 Å². The van der Waals surface area contributed by atoms with Crippen LogP contribution in [-0.2, 0) is 13.5 Å². The summed E-state index contributed by atoms with van der Waals surface area (Å²) < 4.78 is 1.86. The van der Waals surface area contributed by atoms with E-state index in [0.29, 0.717) is 10.0 Å². The molecule has 0 spiro atoms. The van der Waals surface area contributed by atoms with Crippen LogP contribution in [0.25, 0.3) is 0 Å². The third-order valence-corrected chi connectivity index (χ3v) is 4.23. The van der Waals surface area contributed by atoms with E-state index in [1.165, 1.54) is 11.1 Å². The number of aromatic nitrogens is 2. The van der Waals surface area contributed by atoms with Gasteiger partial charge in [0.25, 0.3) is 0 Å². The number of hydrogen-bond donors (Lipinski definition) is 1.